The summed E-state index contributed by atoms with van der Waals surface area (Å²) in [4.78, 5) is 58.3. The minimum atomic E-state index is -1.24. The van der Waals surface area contributed by atoms with Gasteiger partial charge in [-0.3, -0.25) is 19.2 Å². The second kappa shape index (κ2) is 14.3. The molecule has 0 aromatic heterocycles. The monoisotopic (exact) mass is 625 g/mol. The van der Waals surface area contributed by atoms with E-state index in [0.29, 0.717) is 24.8 Å². The number of aliphatic hydroxyl groups excluding tert-OH is 1. The molecule has 0 saturated carbocycles. The lowest BCUT2D eigenvalue weighted by Crippen LogP contribution is -2.60. The average molecular weight is 626 g/mol. The summed E-state index contributed by atoms with van der Waals surface area (Å²) in [6, 6.07) is 7.32. The Labute approximate surface area is 265 Å². The molecule has 3 heterocycles. The molecule has 2 N–H and O–H groups in total. The van der Waals surface area contributed by atoms with Crippen LogP contribution in [0.1, 0.15) is 58.1 Å². The predicted molar refractivity (Wildman–Crippen MR) is 167 cm³/mol. The third kappa shape index (κ3) is 6.71. The van der Waals surface area contributed by atoms with Gasteiger partial charge in [-0.25, -0.2) is 0 Å². The molecule has 11 nitrogen and oxygen atoms in total. The van der Waals surface area contributed by atoms with E-state index in [1.54, 1.807) is 29.2 Å². The van der Waals surface area contributed by atoms with Crippen LogP contribution in [-0.2, 0) is 33.4 Å². The highest BCUT2D eigenvalue weighted by Crippen LogP contribution is 2.59. The fourth-order valence-corrected chi connectivity index (χ4v) is 7.14. The summed E-state index contributed by atoms with van der Waals surface area (Å²) in [7, 11) is 1.50. The summed E-state index contributed by atoms with van der Waals surface area (Å²) in [5, 5.41) is 12.9. The highest BCUT2D eigenvalue weighted by molar-refractivity contribution is 5.98. The molecule has 0 radical (unpaired) electrons. The zero-order valence-electron chi connectivity index (χ0n) is 26.8. The minimum absolute atomic E-state index is 0.0658. The van der Waals surface area contributed by atoms with Crippen molar-refractivity contribution in [3.05, 3.63) is 61.2 Å². The molecule has 3 amide bonds. The molecule has 7 atom stereocenters. The SMILES string of the molecule is C=CCCC(=O)N[C@H](COC)[C@H](OC(=O)[C@@H]1[C@@H]2CC[C@]3(O2)[C@H](C(=O)N(CC=C)C(C)(C)C)N(CCO)C(=O)[C@@H]13)c1ccccc1. The van der Waals surface area contributed by atoms with Crippen molar-refractivity contribution >= 4 is 23.7 Å². The Morgan fingerprint density at radius 2 is 1.93 bits per heavy atom. The number of benzene rings is 1. The molecule has 1 spiro atoms. The van der Waals surface area contributed by atoms with Crippen molar-refractivity contribution in [2.75, 3.05) is 33.4 Å². The van der Waals surface area contributed by atoms with E-state index in [-0.39, 0.29) is 44.5 Å². The van der Waals surface area contributed by atoms with Crippen molar-refractivity contribution in [2.24, 2.45) is 11.8 Å². The maximum atomic E-state index is 14.3. The number of hydrogen-bond donors (Lipinski definition) is 2. The van der Waals surface area contributed by atoms with Crippen molar-refractivity contribution in [1.82, 2.24) is 15.1 Å². The van der Waals surface area contributed by atoms with Gasteiger partial charge in [-0.1, -0.05) is 42.5 Å². The Bertz CT molecular complexity index is 1260. The fourth-order valence-electron chi connectivity index (χ4n) is 7.14. The van der Waals surface area contributed by atoms with E-state index in [1.165, 1.54) is 12.0 Å². The molecule has 0 aliphatic carbocycles. The number of fused-ring (bicyclic) bond motifs is 1. The van der Waals surface area contributed by atoms with Gasteiger partial charge in [-0.05, 0) is 45.6 Å². The van der Waals surface area contributed by atoms with Crippen LogP contribution in [0.25, 0.3) is 0 Å². The maximum absolute atomic E-state index is 14.3. The highest BCUT2D eigenvalue weighted by atomic mass is 16.6. The van der Waals surface area contributed by atoms with Gasteiger partial charge < -0.3 is 34.4 Å². The molecule has 1 aromatic carbocycles. The van der Waals surface area contributed by atoms with E-state index in [1.807, 2.05) is 39.0 Å². The Morgan fingerprint density at radius 1 is 1.22 bits per heavy atom. The third-order valence-corrected chi connectivity index (χ3v) is 9.04. The summed E-state index contributed by atoms with van der Waals surface area (Å²) in [5.74, 6) is -3.56. The fraction of sp³-hybridized carbons (Fsp3) is 0.588. The number of rotatable bonds is 15. The molecule has 45 heavy (non-hydrogen) atoms. The number of carbonyl (C=O) groups excluding carboxylic acids is 4. The average Bonchev–Trinajstić information content (AvgIpc) is 3.64. The van der Waals surface area contributed by atoms with E-state index >= 15 is 0 Å². The molecule has 3 saturated heterocycles. The Morgan fingerprint density at radius 3 is 2.53 bits per heavy atom. The van der Waals surface area contributed by atoms with Gasteiger partial charge >= 0.3 is 5.97 Å². The second-order valence-electron chi connectivity index (χ2n) is 12.9. The molecule has 3 fully saturated rings. The van der Waals surface area contributed by atoms with Crippen LogP contribution in [0.5, 0.6) is 0 Å². The Hall–Kier alpha value is -3.54. The van der Waals surface area contributed by atoms with E-state index in [0.717, 1.165) is 0 Å². The number of nitrogens with one attached hydrogen (secondary N) is 1. The lowest BCUT2D eigenvalue weighted by molar-refractivity contribution is -0.163. The third-order valence-electron chi connectivity index (χ3n) is 9.04. The van der Waals surface area contributed by atoms with Crippen molar-refractivity contribution in [1.29, 1.82) is 0 Å². The molecular weight excluding hydrogens is 578 g/mol. The van der Waals surface area contributed by atoms with E-state index in [2.05, 4.69) is 18.5 Å². The number of likely N-dealkylation sites (tertiary alicyclic amines) is 1. The number of ether oxygens (including phenoxy) is 3. The lowest BCUT2D eigenvalue weighted by atomic mass is 9.70. The smallest absolute Gasteiger partial charge is 0.313 e. The molecule has 1 aromatic rings. The van der Waals surface area contributed by atoms with Crippen molar-refractivity contribution in [2.45, 2.75) is 81.9 Å². The second-order valence-corrected chi connectivity index (χ2v) is 12.9. The number of β-amino-alcohol motifs (C(OH)–C–C–N with tert-alkyl or cyclic N) is 1. The maximum Gasteiger partial charge on any atom is 0.313 e. The van der Waals surface area contributed by atoms with Gasteiger partial charge in [0.1, 0.15) is 17.7 Å². The van der Waals surface area contributed by atoms with Crippen LogP contribution < -0.4 is 5.32 Å². The van der Waals surface area contributed by atoms with Crippen LogP contribution in [-0.4, -0.2) is 101 Å². The number of hydrogen-bond acceptors (Lipinski definition) is 8. The number of nitrogens with zero attached hydrogens (tertiary/aromatic N) is 2. The number of aliphatic hydroxyl groups is 1. The van der Waals surface area contributed by atoms with Gasteiger partial charge in [-0.2, -0.15) is 0 Å². The lowest BCUT2D eigenvalue weighted by Gasteiger charge is -2.41. The number of carbonyl (C=O) groups is 4. The van der Waals surface area contributed by atoms with Crippen LogP contribution in [0.2, 0.25) is 0 Å². The molecule has 2 bridgehead atoms. The standard InChI is InChI=1S/C34H47N3O8/c1-7-9-15-25(39)35-23(21-43-6)28(22-13-11-10-12-14-22)44-32(42)26-24-16-17-34(45-24)27(26)30(40)36(19-20-38)29(34)31(41)37(18-8-2)33(3,4)5/h7-8,10-14,23-24,26-29,38H,1-2,9,15-21H2,3-6H3,(H,35,39)/t23-,24+,26-,27-,28-,29+,34-/m1/s1. The van der Waals surface area contributed by atoms with Crippen molar-refractivity contribution in [3.63, 3.8) is 0 Å². The minimum Gasteiger partial charge on any atom is -0.455 e. The number of methoxy groups -OCH3 is 1. The van der Waals surface area contributed by atoms with Crippen LogP contribution in [0.3, 0.4) is 0 Å². The summed E-state index contributed by atoms with van der Waals surface area (Å²) in [6.45, 7) is 13.1. The number of amides is 3. The first-order valence-electron chi connectivity index (χ1n) is 15.6. The topological polar surface area (TPSA) is 135 Å². The van der Waals surface area contributed by atoms with Gasteiger partial charge in [0.05, 0.1) is 37.2 Å². The summed E-state index contributed by atoms with van der Waals surface area (Å²) in [5.41, 5.74) is -1.18. The Balaban J connectivity index is 1.68. The van der Waals surface area contributed by atoms with Crippen LogP contribution in [0.4, 0.5) is 0 Å². The first kappa shape index (κ1) is 34.3. The van der Waals surface area contributed by atoms with Crippen molar-refractivity contribution < 1.29 is 38.5 Å². The molecule has 0 unspecified atom stereocenters. The van der Waals surface area contributed by atoms with E-state index in [4.69, 9.17) is 14.2 Å². The summed E-state index contributed by atoms with van der Waals surface area (Å²) < 4.78 is 18.2. The molecule has 4 rings (SSSR count). The zero-order chi connectivity index (χ0) is 32.9. The predicted octanol–water partition coefficient (Wildman–Crippen LogP) is 2.55. The molecule has 3 aliphatic rings. The molecule has 11 heteroatoms. The molecule has 3 aliphatic heterocycles. The van der Waals surface area contributed by atoms with Gasteiger partial charge in [0.15, 0.2) is 0 Å². The largest absolute Gasteiger partial charge is 0.455 e. The number of esters is 1. The van der Waals surface area contributed by atoms with Crippen LogP contribution >= 0.6 is 0 Å². The first-order valence-corrected chi connectivity index (χ1v) is 15.6. The highest BCUT2D eigenvalue weighted by Gasteiger charge is 2.75. The zero-order valence-corrected chi connectivity index (χ0v) is 26.8. The van der Waals surface area contributed by atoms with Gasteiger partial charge in [0, 0.05) is 32.2 Å². The van der Waals surface area contributed by atoms with Crippen molar-refractivity contribution in [3.8, 4) is 0 Å². The molecule has 246 valence electrons. The van der Waals surface area contributed by atoms with Gasteiger partial charge in [-0.15, -0.1) is 13.2 Å². The molecular formula is C34H47N3O8. The Kier molecular flexibility index (Phi) is 10.9. The number of allylic oxidation sites excluding steroid dienone is 1. The summed E-state index contributed by atoms with van der Waals surface area (Å²) in [6.07, 6.45) is 3.31. The normalized spacial score (nSPS) is 26.6. The van der Waals surface area contributed by atoms with E-state index in [9.17, 15) is 24.3 Å². The van der Waals surface area contributed by atoms with Crippen LogP contribution in [0.15, 0.2) is 55.6 Å². The summed E-state index contributed by atoms with van der Waals surface area (Å²) >= 11 is 0. The van der Waals surface area contributed by atoms with Gasteiger partial charge in [0.25, 0.3) is 0 Å². The first-order chi connectivity index (χ1) is 21.4. The quantitative estimate of drug-likeness (QED) is 0.224. The van der Waals surface area contributed by atoms with E-state index < -0.39 is 59.1 Å². The van der Waals surface area contributed by atoms with Crippen LogP contribution in [0, 0.1) is 11.8 Å². The van der Waals surface area contributed by atoms with Gasteiger partial charge in [0.2, 0.25) is 17.7 Å².